The Hall–Kier alpha value is -0.120. The van der Waals surface area contributed by atoms with Crippen LogP contribution in [0, 0.1) is 5.92 Å². The molecule has 2 aliphatic rings. The Morgan fingerprint density at radius 1 is 1.07 bits per heavy atom. The van der Waals surface area contributed by atoms with Gasteiger partial charge >= 0.3 is 0 Å². The van der Waals surface area contributed by atoms with Crippen LogP contribution in [0.3, 0.4) is 0 Å². The maximum Gasteiger partial charge on any atom is 0.0693 e. The van der Waals surface area contributed by atoms with Crippen molar-refractivity contribution in [2.75, 3.05) is 19.8 Å². The van der Waals surface area contributed by atoms with Crippen LogP contribution < -0.4 is 5.32 Å². The maximum atomic E-state index is 9.81. The van der Waals surface area contributed by atoms with E-state index < -0.39 is 0 Å². The topological polar surface area (TPSA) is 41.5 Å². The van der Waals surface area contributed by atoms with E-state index in [2.05, 4.69) is 5.32 Å². The number of aliphatic hydroxyl groups is 1. The summed E-state index contributed by atoms with van der Waals surface area (Å²) < 4.78 is 5.34. The summed E-state index contributed by atoms with van der Waals surface area (Å²) in [6.45, 7) is 2.89. The van der Waals surface area contributed by atoms with Gasteiger partial charge in [-0.05, 0) is 38.1 Å². The minimum atomic E-state index is -0.112. The monoisotopic (exact) mass is 213 g/mol. The van der Waals surface area contributed by atoms with Gasteiger partial charge in [0.05, 0.1) is 6.10 Å². The first-order valence-corrected chi connectivity index (χ1v) is 6.35. The van der Waals surface area contributed by atoms with E-state index in [1.54, 1.807) is 0 Å². The van der Waals surface area contributed by atoms with Gasteiger partial charge in [-0.2, -0.15) is 0 Å². The summed E-state index contributed by atoms with van der Waals surface area (Å²) in [4.78, 5) is 0. The van der Waals surface area contributed by atoms with Gasteiger partial charge in [0.15, 0.2) is 0 Å². The van der Waals surface area contributed by atoms with Crippen molar-refractivity contribution < 1.29 is 9.84 Å². The van der Waals surface area contributed by atoms with E-state index in [1.807, 2.05) is 0 Å². The Labute approximate surface area is 92.2 Å². The van der Waals surface area contributed by atoms with Gasteiger partial charge in [-0.1, -0.05) is 12.8 Å². The largest absolute Gasteiger partial charge is 0.392 e. The zero-order chi connectivity index (χ0) is 10.5. The highest BCUT2D eigenvalue weighted by Gasteiger charge is 2.23. The molecule has 2 fully saturated rings. The molecule has 0 bridgehead atoms. The molecule has 0 radical (unpaired) electrons. The number of hydrogen-bond donors (Lipinski definition) is 2. The standard InChI is InChI=1S/C12H23NO2/c14-12-4-2-1-3-11(12)13-9-10-5-7-15-8-6-10/h10-14H,1-9H2/t11-,12-/m1/s1. The number of hydrogen-bond acceptors (Lipinski definition) is 3. The first kappa shape index (κ1) is 11.4. The summed E-state index contributed by atoms with van der Waals surface area (Å²) in [6, 6.07) is 0.349. The molecule has 3 heteroatoms. The summed E-state index contributed by atoms with van der Waals surface area (Å²) in [5, 5.41) is 13.3. The second kappa shape index (κ2) is 5.83. The van der Waals surface area contributed by atoms with Gasteiger partial charge in [0, 0.05) is 19.3 Å². The molecule has 1 saturated carbocycles. The third kappa shape index (κ3) is 3.44. The van der Waals surface area contributed by atoms with Crippen molar-refractivity contribution in [2.45, 2.75) is 50.7 Å². The fourth-order valence-corrected chi connectivity index (χ4v) is 2.62. The van der Waals surface area contributed by atoms with Crippen LogP contribution in [0.1, 0.15) is 38.5 Å². The van der Waals surface area contributed by atoms with E-state index >= 15 is 0 Å². The number of nitrogens with one attached hydrogen (secondary N) is 1. The average molecular weight is 213 g/mol. The van der Waals surface area contributed by atoms with Crippen molar-refractivity contribution in [1.82, 2.24) is 5.32 Å². The first-order chi connectivity index (χ1) is 7.36. The minimum absolute atomic E-state index is 0.112. The van der Waals surface area contributed by atoms with E-state index in [4.69, 9.17) is 4.74 Å². The quantitative estimate of drug-likeness (QED) is 0.742. The fraction of sp³-hybridized carbons (Fsp3) is 1.00. The second-order valence-electron chi connectivity index (χ2n) is 4.92. The SMILES string of the molecule is O[C@@H]1CCCC[C@H]1NCC1CCOCC1. The number of aliphatic hydroxyl groups excluding tert-OH is 1. The van der Waals surface area contributed by atoms with Gasteiger partial charge < -0.3 is 15.2 Å². The van der Waals surface area contributed by atoms with Gasteiger partial charge in [-0.3, -0.25) is 0 Å². The summed E-state index contributed by atoms with van der Waals surface area (Å²) in [5.41, 5.74) is 0. The molecule has 0 aromatic heterocycles. The van der Waals surface area contributed by atoms with E-state index in [9.17, 15) is 5.11 Å². The third-order valence-corrected chi connectivity index (χ3v) is 3.74. The highest BCUT2D eigenvalue weighted by molar-refractivity contribution is 4.81. The smallest absolute Gasteiger partial charge is 0.0693 e. The van der Waals surface area contributed by atoms with Crippen LogP contribution in [0.2, 0.25) is 0 Å². The van der Waals surface area contributed by atoms with Crippen LogP contribution >= 0.6 is 0 Å². The highest BCUT2D eigenvalue weighted by Crippen LogP contribution is 2.20. The molecular weight excluding hydrogens is 190 g/mol. The molecule has 1 saturated heterocycles. The van der Waals surface area contributed by atoms with Gasteiger partial charge in [0.2, 0.25) is 0 Å². The van der Waals surface area contributed by atoms with Crippen molar-refractivity contribution in [3.8, 4) is 0 Å². The minimum Gasteiger partial charge on any atom is -0.392 e. The molecule has 1 aliphatic carbocycles. The van der Waals surface area contributed by atoms with Crippen molar-refractivity contribution in [2.24, 2.45) is 5.92 Å². The summed E-state index contributed by atoms with van der Waals surface area (Å²) in [7, 11) is 0. The molecule has 3 nitrogen and oxygen atoms in total. The molecule has 0 unspecified atom stereocenters. The van der Waals surface area contributed by atoms with Gasteiger partial charge in [0.1, 0.15) is 0 Å². The lowest BCUT2D eigenvalue weighted by Gasteiger charge is -2.31. The summed E-state index contributed by atoms with van der Waals surface area (Å²) >= 11 is 0. The molecular formula is C12H23NO2. The van der Waals surface area contributed by atoms with Crippen LogP contribution in [0.15, 0.2) is 0 Å². The molecule has 0 aromatic rings. The molecule has 2 rings (SSSR count). The molecule has 0 amide bonds. The van der Waals surface area contributed by atoms with Gasteiger partial charge in [-0.25, -0.2) is 0 Å². The Morgan fingerprint density at radius 3 is 2.53 bits per heavy atom. The fourth-order valence-electron chi connectivity index (χ4n) is 2.62. The van der Waals surface area contributed by atoms with Crippen molar-refractivity contribution in [3.05, 3.63) is 0 Å². The molecule has 0 aromatic carbocycles. The normalized spacial score (nSPS) is 34.2. The lowest BCUT2D eigenvalue weighted by molar-refractivity contribution is 0.0561. The van der Waals surface area contributed by atoms with Crippen LogP contribution in [0.5, 0.6) is 0 Å². The third-order valence-electron chi connectivity index (χ3n) is 3.74. The van der Waals surface area contributed by atoms with E-state index in [0.29, 0.717) is 6.04 Å². The lowest BCUT2D eigenvalue weighted by atomic mass is 9.91. The van der Waals surface area contributed by atoms with Crippen molar-refractivity contribution in [3.63, 3.8) is 0 Å². The number of rotatable bonds is 3. The molecule has 1 heterocycles. The van der Waals surface area contributed by atoms with E-state index in [-0.39, 0.29) is 6.10 Å². The molecule has 2 N–H and O–H groups in total. The van der Waals surface area contributed by atoms with E-state index in [0.717, 1.165) is 38.5 Å². The van der Waals surface area contributed by atoms with Crippen LogP contribution in [-0.4, -0.2) is 37.0 Å². The highest BCUT2D eigenvalue weighted by atomic mass is 16.5. The van der Waals surface area contributed by atoms with Crippen LogP contribution in [0.4, 0.5) is 0 Å². The zero-order valence-corrected chi connectivity index (χ0v) is 9.45. The molecule has 88 valence electrons. The maximum absolute atomic E-state index is 9.81. The van der Waals surface area contributed by atoms with Crippen molar-refractivity contribution in [1.29, 1.82) is 0 Å². The predicted molar refractivity (Wildman–Crippen MR) is 59.8 cm³/mol. The second-order valence-corrected chi connectivity index (χ2v) is 4.92. The Balaban J connectivity index is 1.67. The Kier molecular flexibility index (Phi) is 4.42. The molecule has 1 aliphatic heterocycles. The average Bonchev–Trinajstić information content (AvgIpc) is 2.29. The van der Waals surface area contributed by atoms with Crippen molar-refractivity contribution >= 4 is 0 Å². The Morgan fingerprint density at radius 2 is 1.80 bits per heavy atom. The Bertz CT molecular complexity index is 180. The summed E-state index contributed by atoms with van der Waals surface area (Å²) in [6.07, 6.45) is 6.82. The zero-order valence-electron chi connectivity index (χ0n) is 9.45. The van der Waals surface area contributed by atoms with Gasteiger partial charge in [0.25, 0.3) is 0 Å². The van der Waals surface area contributed by atoms with Crippen LogP contribution in [0.25, 0.3) is 0 Å². The van der Waals surface area contributed by atoms with Crippen LogP contribution in [-0.2, 0) is 4.74 Å². The number of ether oxygens (including phenoxy) is 1. The molecule has 2 atom stereocenters. The molecule has 0 spiro atoms. The van der Waals surface area contributed by atoms with E-state index in [1.165, 1.54) is 25.7 Å². The summed E-state index contributed by atoms with van der Waals surface area (Å²) in [5.74, 6) is 0.757. The lowest BCUT2D eigenvalue weighted by Crippen LogP contribution is -2.44. The predicted octanol–water partition coefficient (Wildman–Crippen LogP) is 1.31. The first-order valence-electron chi connectivity index (χ1n) is 6.35. The van der Waals surface area contributed by atoms with Gasteiger partial charge in [-0.15, -0.1) is 0 Å². The molecule has 15 heavy (non-hydrogen) atoms.